The molecule has 19 heavy (non-hydrogen) atoms. The van der Waals surface area contributed by atoms with Crippen LogP contribution < -0.4 is 9.64 Å². The Hall–Kier alpha value is -2.04. The van der Waals surface area contributed by atoms with Crippen molar-refractivity contribution in [3.05, 3.63) is 23.8 Å². The second-order valence-corrected chi connectivity index (χ2v) is 5.06. The van der Waals surface area contributed by atoms with Crippen molar-refractivity contribution in [3.8, 4) is 5.75 Å². The van der Waals surface area contributed by atoms with Crippen molar-refractivity contribution in [1.29, 1.82) is 0 Å². The highest BCUT2D eigenvalue weighted by molar-refractivity contribution is 6.03. The van der Waals surface area contributed by atoms with Gasteiger partial charge in [-0.2, -0.15) is 0 Å². The van der Waals surface area contributed by atoms with Crippen LogP contribution in [0.5, 0.6) is 5.75 Å². The number of carboxylic acid groups (broad SMARTS) is 1. The average molecular weight is 263 g/mol. The monoisotopic (exact) mass is 263 g/mol. The molecule has 1 aliphatic rings. The van der Waals surface area contributed by atoms with E-state index < -0.39 is 11.6 Å². The average Bonchev–Trinajstić information content (AvgIpc) is 2.33. The normalized spacial score (nSPS) is 16.8. The first-order chi connectivity index (χ1) is 8.86. The number of amides is 1. The minimum atomic E-state index is -1.01. The lowest BCUT2D eigenvalue weighted by molar-refractivity contribution is -0.132. The maximum atomic E-state index is 12.3. The van der Waals surface area contributed by atoms with Crippen LogP contribution in [-0.2, 0) is 4.79 Å². The van der Waals surface area contributed by atoms with E-state index in [9.17, 15) is 9.59 Å². The summed E-state index contributed by atoms with van der Waals surface area (Å²) in [4.78, 5) is 24.9. The molecule has 5 nitrogen and oxygen atoms in total. The molecule has 1 heterocycles. The Morgan fingerprint density at radius 2 is 2.11 bits per heavy atom. The van der Waals surface area contributed by atoms with Crippen LogP contribution in [0.25, 0.3) is 0 Å². The Kier molecular flexibility index (Phi) is 3.22. The number of aromatic carboxylic acids is 1. The van der Waals surface area contributed by atoms with E-state index in [2.05, 4.69) is 0 Å². The van der Waals surface area contributed by atoms with Gasteiger partial charge in [0, 0.05) is 6.54 Å². The van der Waals surface area contributed by atoms with E-state index in [0.29, 0.717) is 18.0 Å². The van der Waals surface area contributed by atoms with Gasteiger partial charge < -0.3 is 14.7 Å². The molecule has 1 aliphatic heterocycles. The number of carboxylic acids is 1. The third-order valence-corrected chi connectivity index (χ3v) is 3.07. The second kappa shape index (κ2) is 4.57. The minimum absolute atomic E-state index is 0.107. The van der Waals surface area contributed by atoms with Gasteiger partial charge in [0.05, 0.1) is 11.3 Å². The molecule has 1 amide bonds. The molecular weight excluding hydrogens is 246 g/mol. The van der Waals surface area contributed by atoms with Gasteiger partial charge in [-0.25, -0.2) is 4.79 Å². The Balaban J connectivity index is 2.52. The van der Waals surface area contributed by atoms with Gasteiger partial charge in [0.2, 0.25) is 0 Å². The Labute approximate surface area is 111 Å². The summed E-state index contributed by atoms with van der Waals surface area (Å²) in [5.74, 6) is -0.675. The molecular formula is C14H17NO4. The number of rotatable bonds is 3. The molecule has 1 aromatic carbocycles. The first-order valence-electron chi connectivity index (χ1n) is 6.25. The number of carbonyl (C=O) groups excluding carboxylic acids is 1. The minimum Gasteiger partial charge on any atom is -0.478 e. The van der Waals surface area contributed by atoms with Gasteiger partial charge in [-0.3, -0.25) is 4.79 Å². The third kappa shape index (κ3) is 2.28. The van der Waals surface area contributed by atoms with Crippen molar-refractivity contribution in [2.24, 2.45) is 0 Å². The van der Waals surface area contributed by atoms with Gasteiger partial charge in [0.15, 0.2) is 5.60 Å². The lowest BCUT2D eigenvalue weighted by Gasteiger charge is -2.38. The number of hydrogen-bond acceptors (Lipinski definition) is 3. The van der Waals surface area contributed by atoms with Gasteiger partial charge >= 0.3 is 5.97 Å². The molecule has 0 atom stereocenters. The van der Waals surface area contributed by atoms with Crippen LogP contribution in [0.3, 0.4) is 0 Å². The highest BCUT2D eigenvalue weighted by Crippen LogP contribution is 2.38. The molecule has 0 aromatic heterocycles. The molecule has 0 saturated carbocycles. The Morgan fingerprint density at radius 3 is 2.68 bits per heavy atom. The third-order valence-electron chi connectivity index (χ3n) is 3.07. The lowest BCUT2D eigenvalue weighted by Crippen LogP contribution is -2.52. The van der Waals surface area contributed by atoms with Crippen LogP contribution in [0.4, 0.5) is 5.69 Å². The molecule has 5 heteroatoms. The lowest BCUT2D eigenvalue weighted by atomic mass is 10.0. The highest BCUT2D eigenvalue weighted by atomic mass is 16.5. The van der Waals surface area contributed by atoms with Gasteiger partial charge in [-0.05, 0) is 38.5 Å². The molecule has 0 saturated heterocycles. The van der Waals surface area contributed by atoms with E-state index in [0.717, 1.165) is 6.42 Å². The van der Waals surface area contributed by atoms with E-state index in [1.54, 1.807) is 24.8 Å². The molecule has 1 N–H and O–H groups in total. The largest absolute Gasteiger partial charge is 0.478 e. The van der Waals surface area contributed by atoms with E-state index in [4.69, 9.17) is 9.84 Å². The van der Waals surface area contributed by atoms with Crippen LogP contribution in [0.2, 0.25) is 0 Å². The molecule has 0 spiro atoms. The summed E-state index contributed by atoms with van der Waals surface area (Å²) >= 11 is 0. The predicted octanol–water partition coefficient (Wildman–Crippen LogP) is 2.30. The Morgan fingerprint density at radius 1 is 1.42 bits per heavy atom. The molecule has 1 aromatic rings. The molecule has 0 fully saturated rings. The van der Waals surface area contributed by atoms with E-state index in [-0.39, 0.29) is 11.5 Å². The number of carbonyl (C=O) groups is 2. The zero-order valence-corrected chi connectivity index (χ0v) is 11.3. The van der Waals surface area contributed by atoms with Gasteiger partial charge in [0.25, 0.3) is 5.91 Å². The number of benzene rings is 1. The number of ether oxygens (including phenoxy) is 1. The summed E-state index contributed by atoms with van der Waals surface area (Å²) in [6.07, 6.45) is 0.821. The predicted molar refractivity (Wildman–Crippen MR) is 70.8 cm³/mol. The number of hydrogen-bond donors (Lipinski definition) is 1. The van der Waals surface area contributed by atoms with E-state index >= 15 is 0 Å². The topological polar surface area (TPSA) is 66.8 Å². The van der Waals surface area contributed by atoms with E-state index in [1.807, 2.05) is 6.92 Å². The van der Waals surface area contributed by atoms with Gasteiger partial charge in [0.1, 0.15) is 5.75 Å². The van der Waals surface area contributed by atoms with Crippen molar-refractivity contribution in [2.75, 3.05) is 11.4 Å². The standard InChI is InChI=1S/C14H17NO4/c1-4-7-15-10-6-5-9(12(16)17)8-11(10)19-14(2,3)13(15)18/h5-6,8H,4,7H2,1-3H3,(H,16,17). The van der Waals surface area contributed by atoms with Gasteiger partial charge in [-0.1, -0.05) is 6.92 Å². The van der Waals surface area contributed by atoms with Crippen LogP contribution in [0.1, 0.15) is 37.6 Å². The molecule has 0 aliphatic carbocycles. The molecule has 0 unspecified atom stereocenters. The van der Waals surface area contributed by atoms with Crippen molar-refractivity contribution in [3.63, 3.8) is 0 Å². The fraction of sp³-hybridized carbons (Fsp3) is 0.429. The van der Waals surface area contributed by atoms with Crippen molar-refractivity contribution in [2.45, 2.75) is 32.8 Å². The summed E-state index contributed by atoms with van der Waals surface area (Å²) < 4.78 is 5.64. The fourth-order valence-electron chi connectivity index (χ4n) is 2.15. The second-order valence-electron chi connectivity index (χ2n) is 5.06. The number of anilines is 1. The summed E-state index contributed by atoms with van der Waals surface area (Å²) in [6, 6.07) is 4.58. The van der Waals surface area contributed by atoms with Crippen molar-refractivity contribution >= 4 is 17.6 Å². The fourth-order valence-corrected chi connectivity index (χ4v) is 2.15. The SMILES string of the molecule is CCCN1C(=O)C(C)(C)Oc2cc(C(=O)O)ccc21. The summed E-state index contributed by atoms with van der Waals surface area (Å²) in [5.41, 5.74) is -0.184. The summed E-state index contributed by atoms with van der Waals surface area (Å²) in [6.45, 7) is 5.95. The maximum absolute atomic E-state index is 12.3. The zero-order chi connectivity index (χ0) is 14.2. The summed E-state index contributed by atoms with van der Waals surface area (Å²) in [7, 11) is 0. The van der Waals surface area contributed by atoms with Gasteiger partial charge in [-0.15, -0.1) is 0 Å². The smallest absolute Gasteiger partial charge is 0.335 e. The first kappa shape index (κ1) is 13.4. The van der Waals surface area contributed by atoms with Crippen LogP contribution >= 0.6 is 0 Å². The number of fused-ring (bicyclic) bond motifs is 1. The molecule has 2 rings (SSSR count). The maximum Gasteiger partial charge on any atom is 0.335 e. The molecule has 102 valence electrons. The highest BCUT2D eigenvalue weighted by Gasteiger charge is 2.40. The van der Waals surface area contributed by atoms with Crippen molar-refractivity contribution in [1.82, 2.24) is 0 Å². The number of nitrogens with zero attached hydrogens (tertiary/aromatic N) is 1. The first-order valence-corrected chi connectivity index (χ1v) is 6.25. The quantitative estimate of drug-likeness (QED) is 0.908. The summed E-state index contributed by atoms with van der Waals surface area (Å²) in [5, 5.41) is 9.00. The Bertz CT molecular complexity index is 536. The van der Waals surface area contributed by atoms with E-state index in [1.165, 1.54) is 12.1 Å². The molecule has 0 bridgehead atoms. The molecule has 0 radical (unpaired) electrons. The zero-order valence-electron chi connectivity index (χ0n) is 11.3. The van der Waals surface area contributed by atoms with Crippen molar-refractivity contribution < 1.29 is 19.4 Å². The van der Waals surface area contributed by atoms with Crippen LogP contribution in [0.15, 0.2) is 18.2 Å². The van der Waals surface area contributed by atoms with Crippen LogP contribution in [0, 0.1) is 0 Å². The van der Waals surface area contributed by atoms with Crippen LogP contribution in [-0.4, -0.2) is 29.1 Å².